The maximum Gasteiger partial charge on any atom is 0.475 e. The van der Waals surface area contributed by atoms with E-state index in [9.17, 15) is 9.59 Å². The molecule has 0 saturated heterocycles. The molecule has 91 heavy (non-hydrogen) atoms. The molecule has 0 aromatic heterocycles. The molecule has 0 heterocycles. The molecule has 1 aliphatic rings. The molecule has 0 radical (unpaired) electrons. The molecule has 5 aromatic carbocycles. The van der Waals surface area contributed by atoms with E-state index in [1.807, 2.05) is 0 Å². The fourth-order valence-electron chi connectivity index (χ4n) is 9.41. The van der Waals surface area contributed by atoms with Gasteiger partial charge in [0, 0.05) is 34.2 Å². The summed E-state index contributed by atoms with van der Waals surface area (Å²) in [4.78, 5) is 26.9. The Morgan fingerprint density at radius 3 is 0.945 bits per heavy atom. The molecule has 1 saturated carbocycles. The van der Waals surface area contributed by atoms with Crippen molar-refractivity contribution in [2.75, 3.05) is 54.9 Å². The van der Waals surface area contributed by atoms with Crippen molar-refractivity contribution >= 4 is 35.4 Å². The monoisotopic (exact) mass is 1330 g/mol. The summed E-state index contributed by atoms with van der Waals surface area (Å²) in [6, 6.07) is 44.0. The number of esters is 2. The van der Waals surface area contributed by atoms with Gasteiger partial charge < -0.3 is 37.9 Å². The van der Waals surface area contributed by atoms with Crippen LogP contribution in [0.1, 0.15) is 119 Å². The highest BCUT2D eigenvalue weighted by molar-refractivity contribution is 7.49. The van der Waals surface area contributed by atoms with E-state index in [0.717, 1.165) is 51.4 Å². The third-order valence-electron chi connectivity index (χ3n) is 14.1. The number of carbonyl (C=O) groups is 2. The SMILES string of the molecule is CCCCCCCC(=O)OC[C@H](COP(=O)(OCc1ccccc1)OC1[C@H](OCOC)[C@H](OP(=O)(OCc2ccccc2)OCc2ccccc2)C(OCOC)[C@H](OP(=O)(OCc2ccccc2)OCc2ccccc2)[C@H]1OCOC)OC(=O)CCCCCCC. The van der Waals surface area contributed by atoms with E-state index >= 15 is 13.7 Å². The van der Waals surface area contributed by atoms with Gasteiger partial charge in [-0.05, 0) is 40.7 Å². The standard InChI is InChI=1S/C66H91O22P3/c1-6-8-10-12-29-41-59(67)75-48-58(85-60(68)42-30-13-11-9-7-2)49-84-91(71,83-47-57-39-27-18-28-40-57)88-66-62(77-51-73-4)64(86-89(69,79-43-53-31-19-14-20-32-53)80-44-54-33-21-15-22-34-54)61(76-50-72-3)65(63(66)78-52-74-5)87-90(70,81-45-55-35-23-16-24-36-55)82-46-56-37-25-17-26-38-56/h14-28,31-40,58,61-66H,6-13,29-30,41-52H2,1-5H3/t58-,61?,62-,63-,64-,65+,66?,91?/m1/s1. The molecule has 0 amide bonds. The quantitative estimate of drug-likeness (QED) is 0.0152. The van der Waals surface area contributed by atoms with Gasteiger partial charge in [0.1, 0.15) is 63.6 Å². The Hall–Kier alpha value is -4.87. The van der Waals surface area contributed by atoms with Crippen LogP contribution in [0, 0.1) is 0 Å². The summed E-state index contributed by atoms with van der Waals surface area (Å²) >= 11 is 0. The maximum atomic E-state index is 16.2. The van der Waals surface area contributed by atoms with Crippen molar-refractivity contribution in [1.29, 1.82) is 0 Å². The van der Waals surface area contributed by atoms with Crippen LogP contribution in [-0.4, -0.2) is 110 Å². The van der Waals surface area contributed by atoms with Crippen LogP contribution < -0.4 is 0 Å². The van der Waals surface area contributed by atoms with Gasteiger partial charge in [-0.25, -0.2) is 13.7 Å². The number of unbranched alkanes of at least 4 members (excludes halogenated alkanes) is 8. The number of hydrogen-bond acceptors (Lipinski definition) is 22. The first-order valence-corrected chi connectivity index (χ1v) is 35.3. The second-order valence-corrected chi connectivity index (χ2v) is 26.2. The predicted molar refractivity (Wildman–Crippen MR) is 337 cm³/mol. The molecular formula is C66H91O22P3. The predicted octanol–water partition coefficient (Wildman–Crippen LogP) is 14.7. The van der Waals surface area contributed by atoms with Gasteiger partial charge in [-0.2, -0.15) is 0 Å². The minimum atomic E-state index is -5.22. The van der Waals surface area contributed by atoms with Gasteiger partial charge in [-0.3, -0.25) is 50.3 Å². The van der Waals surface area contributed by atoms with Crippen molar-refractivity contribution in [2.45, 2.75) is 167 Å². The van der Waals surface area contributed by atoms with Gasteiger partial charge in [0.2, 0.25) is 0 Å². The molecule has 5 aromatic rings. The lowest BCUT2D eigenvalue weighted by molar-refractivity contribution is -0.277. The highest BCUT2D eigenvalue weighted by Gasteiger charge is 2.61. The topological polar surface area (TPSA) is 242 Å². The van der Waals surface area contributed by atoms with E-state index in [1.165, 1.54) is 21.3 Å². The molecule has 0 spiro atoms. The zero-order valence-electron chi connectivity index (χ0n) is 52.9. The van der Waals surface area contributed by atoms with Crippen LogP contribution in [0.25, 0.3) is 0 Å². The maximum absolute atomic E-state index is 16.2. The highest BCUT2D eigenvalue weighted by Crippen LogP contribution is 2.60. The zero-order chi connectivity index (χ0) is 64.8. The Kier molecular flexibility index (Phi) is 35.1. The first kappa shape index (κ1) is 75.2. The van der Waals surface area contributed by atoms with Gasteiger partial charge >= 0.3 is 35.4 Å². The summed E-state index contributed by atoms with van der Waals surface area (Å²) in [6.45, 7) is -0.297. The number of phosphoric acid groups is 3. The minimum absolute atomic E-state index is 0.0421. The second kappa shape index (κ2) is 42.5. The summed E-state index contributed by atoms with van der Waals surface area (Å²) in [5, 5.41) is 0. The first-order valence-electron chi connectivity index (χ1n) is 30.9. The van der Waals surface area contributed by atoms with E-state index in [0.29, 0.717) is 40.7 Å². The van der Waals surface area contributed by atoms with E-state index in [-0.39, 0.29) is 39.3 Å². The fraction of sp³-hybridized carbons (Fsp3) is 0.515. The molecule has 25 heteroatoms. The van der Waals surface area contributed by atoms with Gasteiger partial charge in [0.25, 0.3) is 0 Å². The molecule has 3 unspecified atom stereocenters. The molecular weight excluding hydrogens is 1240 g/mol. The lowest BCUT2D eigenvalue weighted by atomic mass is 9.84. The number of ether oxygens (including phenoxy) is 8. The van der Waals surface area contributed by atoms with Crippen LogP contribution >= 0.6 is 23.5 Å². The van der Waals surface area contributed by atoms with Crippen molar-refractivity contribution in [2.24, 2.45) is 0 Å². The fourth-order valence-corrected chi connectivity index (χ4v) is 13.5. The Morgan fingerprint density at radius 1 is 0.363 bits per heavy atom. The first-order chi connectivity index (χ1) is 44.3. The number of phosphoric ester groups is 3. The third-order valence-corrected chi connectivity index (χ3v) is 18.3. The Bertz CT molecular complexity index is 2680. The number of hydrogen-bond donors (Lipinski definition) is 0. The lowest BCUT2D eigenvalue weighted by Crippen LogP contribution is -2.67. The van der Waals surface area contributed by atoms with Gasteiger partial charge in [0.05, 0.1) is 39.6 Å². The molecule has 8 atom stereocenters. The van der Waals surface area contributed by atoms with Crippen molar-refractivity contribution in [3.05, 3.63) is 179 Å². The Labute approximate surface area is 536 Å². The van der Waals surface area contributed by atoms with Crippen LogP contribution in [0.2, 0.25) is 0 Å². The summed E-state index contributed by atoms with van der Waals surface area (Å²) < 4.78 is 153. The molecule has 22 nitrogen and oxygen atoms in total. The van der Waals surface area contributed by atoms with Gasteiger partial charge in [-0.1, -0.05) is 217 Å². The van der Waals surface area contributed by atoms with Crippen molar-refractivity contribution < 1.29 is 102 Å². The van der Waals surface area contributed by atoms with Crippen molar-refractivity contribution in [1.82, 2.24) is 0 Å². The van der Waals surface area contributed by atoms with Crippen LogP contribution in [0.4, 0.5) is 0 Å². The summed E-state index contributed by atoms with van der Waals surface area (Å²) in [6.07, 6.45) is -3.35. The molecule has 6 rings (SSSR count). The van der Waals surface area contributed by atoms with E-state index in [1.54, 1.807) is 152 Å². The number of benzene rings is 5. The average molecular weight is 1330 g/mol. The van der Waals surface area contributed by atoms with E-state index in [4.69, 9.17) is 78.6 Å². The van der Waals surface area contributed by atoms with Gasteiger partial charge in [-0.15, -0.1) is 0 Å². The second-order valence-electron chi connectivity index (χ2n) is 21.4. The van der Waals surface area contributed by atoms with Gasteiger partial charge in [0.15, 0.2) is 6.10 Å². The van der Waals surface area contributed by atoms with Crippen molar-refractivity contribution in [3.63, 3.8) is 0 Å². The van der Waals surface area contributed by atoms with Crippen molar-refractivity contribution in [3.8, 4) is 0 Å². The molecule has 0 N–H and O–H groups in total. The smallest absolute Gasteiger partial charge is 0.462 e. The minimum Gasteiger partial charge on any atom is -0.462 e. The average Bonchev–Trinajstić information content (AvgIpc) is 0.759. The van der Waals surface area contributed by atoms with E-state index in [2.05, 4.69) is 13.8 Å². The Morgan fingerprint density at radius 2 is 0.648 bits per heavy atom. The number of methoxy groups -OCH3 is 3. The zero-order valence-corrected chi connectivity index (χ0v) is 55.5. The Balaban J connectivity index is 1.51. The largest absolute Gasteiger partial charge is 0.475 e. The van der Waals surface area contributed by atoms with Crippen LogP contribution in [0.15, 0.2) is 152 Å². The normalized spacial score (nSPS) is 18.7. The molecule has 0 bridgehead atoms. The highest BCUT2D eigenvalue weighted by atomic mass is 31.2. The van der Waals surface area contributed by atoms with Crippen LogP contribution in [0.3, 0.4) is 0 Å². The molecule has 0 aliphatic heterocycles. The lowest BCUT2D eigenvalue weighted by Gasteiger charge is -2.49. The summed E-state index contributed by atoms with van der Waals surface area (Å²) in [5.41, 5.74) is 2.86. The van der Waals surface area contributed by atoms with Crippen LogP contribution in [0.5, 0.6) is 0 Å². The molecule has 1 fully saturated rings. The molecule has 502 valence electrons. The summed E-state index contributed by atoms with van der Waals surface area (Å²) in [5.74, 6) is -1.15. The van der Waals surface area contributed by atoms with Crippen LogP contribution in [-0.2, 0) is 135 Å². The summed E-state index contributed by atoms with van der Waals surface area (Å²) in [7, 11) is -11.1. The molecule has 1 aliphatic carbocycles. The van der Waals surface area contributed by atoms with E-state index < -0.39 is 118 Å². The third kappa shape index (κ3) is 27.9. The number of carbonyl (C=O) groups excluding carboxylic acids is 2. The number of rotatable bonds is 48.